The molecule has 0 bridgehead atoms. The molecule has 0 atom stereocenters. The van der Waals surface area contributed by atoms with E-state index >= 15 is 0 Å². The molecule has 2 aromatic heterocycles. The van der Waals surface area contributed by atoms with Gasteiger partial charge < -0.3 is 0 Å². The Hall–Kier alpha value is -7.56. The summed E-state index contributed by atoms with van der Waals surface area (Å²) in [5.74, 6) is 1.89. The standard InChI is InChI=1S/C52H32N4/c1-2-12-36(13-3-1)50-54-51(37-25-20-34(21-26-37)46-31-39-14-5-6-15-41(39)43-17-8-9-18-44(43)46)56-52(55-50)38-27-22-35(23-28-38)47-32-40-29-24-33-11-4-7-16-42(33)48(40)45-19-10-30-53-49(45)47/h1-32H. The van der Waals surface area contributed by atoms with Crippen molar-refractivity contribution < 1.29 is 0 Å². The average molecular weight is 713 g/mol. The maximum atomic E-state index is 5.08. The van der Waals surface area contributed by atoms with Gasteiger partial charge in [-0.05, 0) is 78.0 Å². The SMILES string of the molecule is c1ccc(-c2nc(-c3ccc(-c4cc5ccccc5c5ccccc45)cc3)nc(-c3ccc(-c4cc5ccc6ccccc6c5c5cccnc45)cc3)n2)cc1. The summed E-state index contributed by atoms with van der Waals surface area (Å²) in [6, 6.07) is 66.2. The molecule has 9 aromatic carbocycles. The van der Waals surface area contributed by atoms with Crippen LogP contribution < -0.4 is 0 Å². The van der Waals surface area contributed by atoms with Crippen molar-refractivity contribution in [3.05, 3.63) is 194 Å². The van der Waals surface area contributed by atoms with Crippen molar-refractivity contribution in [3.63, 3.8) is 0 Å². The van der Waals surface area contributed by atoms with Gasteiger partial charge in [0.1, 0.15) is 0 Å². The number of benzene rings is 9. The third-order valence-corrected chi connectivity index (χ3v) is 10.9. The lowest BCUT2D eigenvalue weighted by molar-refractivity contribution is 1.07. The Balaban J connectivity index is 1.00. The van der Waals surface area contributed by atoms with Crippen molar-refractivity contribution in [2.24, 2.45) is 0 Å². The number of nitrogens with zero attached hydrogens (tertiary/aromatic N) is 4. The van der Waals surface area contributed by atoms with Crippen molar-refractivity contribution in [2.75, 3.05) is 0 Å². The molecule has 4 heteroatoms. The highest BCUT2D eigenvalue weighted by atomic mass is 15.0. The molecule has 0 amide bonds. The van der Waals surface area contributed by atoms with Crippen LogP contribution in [-0.4, -0.2) is 19.9 Å². The highest BCUT2D eigenvalue weighted by molar-refractivity contribution is 6.22. The lowest BCUT2D eigenvalue weighted by atomic mass is 9.93. The average Bonchev–Trinajstić information content (AvgIpc) is 3.28. The maximum Gasteiger partial charge on any atom is 0.164 e. The Kier molecular flexibility index (Phi) is 7.46. The smallest absolute Gasteiger partial charge is 0.164 e. The summed E-state index contributed by atoms with van der Waals surface area (Å²) >= 11 is 0. The molecule has 0 fully saturated rings. The molecular weight excluding hydrogens is 681 g/mol. The van der Waals surface area contributed by atoms with Gasteiger partial charge in [0.15, 0.2) is 17.5 Å². The summed E-state index contributed by atoms with van der Waals surface area (Å²) in [4.78, 5) is 20.0. The van der Waals surface area contributed by atoms with Gasteiger partial charge in [0, 0.05) is 33.8 Å². The van der Waals surface area contributed by atoms with Gasteiger partial charge in [0.05, 0.1) is 5.52 Å². The first-order chi connectivity index (χ1) is 27.7. The molecule has 11 rings (SSSR count). The minimum atomic E-state index is 0.623. The molecule has 0 saturated heterocycles. The molecule has 11 aromatic rings. The normalized spacial score (nSPS) is 11.6. The van der Waals surface area contributed by atoms with E-state index in [0.717, 1.165) is 44.3 Å². The number of fused-ring (bicyclic) bond motifs is 8. The Morgan fingerprint density at radius 1 is 0.286 bits per heavy atom. The highest BCUT2D eigenvalue weighted by Gasteiger charge is 2.16. The fourth-order valence-electron chi connectivity index (χ4n) is 8.22. The van der Waals surface area contributed by atoms with Gasteiger partial charge in [-0.25, -0.2) is 15.0 Å². The molecule has 0 spiro atoms. The van der Waals surface area contributed by atoms with Crippen LogP contribution in [0.3, 0.4) is 0 Å². The van der Waals surface area contributed by atoms with Crippen LogP contribution in [0, 0.1) is 0 Å². The Labute approximate surface area is 323 Å². The lowest BCUT2D eigenvalue weighted by Gasteiger charge is -2.13. The number of rotatable bonds is 5. The van der Waals surface area contributed by atoms with E-state index < -0.39 is 0 Å². The number of hydrogen-bond donors (Lipinski definition) is 0. The maximum absolute atomic E-state index is 5.08. The highest BCUT2D eigenvalue weighted by Crippen LogP contribution is 2.39. The molecule has 0 aliphatic rings. The minimum Gasteiger partial charge on any atom is -0.256 e. The van der Waals surface area contributed by atoms with E-state index in [0.29, 0.717) is 17.5 Å². The van der Waals surface area contributed by atoms with Gasteiger partial charge in [-0.2, -0.15) is 0 Å². The van der Waals surface area contributed by atoms with Gasteiger partial charge in [-0.3, -0.25) is 4.98 Å². The quantitative estimate of drug-likeness (QED) is 0.167. The van der Waals surface area contributed by atoms with Crippen molar-refractivity contribution in [1.29, 1.82) is 0 Å². The van der Waals surface area contributed by atoms with Gasteiger partial charge in [-0.1, -0.05) is 170 Å². The van der Waals surface area contributed by atoms with Crippen LogP contribution in [0.25, 0.3) is 110 Å². The topological polar surface area (TPSA) is 51.6 Å². The monoisotopic (exact) mass is 712 g/mol. The summed E-state index contributed by atoms with van der Waals surface area (Å²) in [5.41, 5.74) is 8.29. The lowest BCUT2D eigenvalue weighted by Crippen LogP contribution is -2.00. The van der Waals surface area contributed by atoms with Crippen molar-refractivity contribution in [3.8, 4) is 56.4 Å². The first kappa shape index (κ1) is 31.9. The molecule has 4 nitrogen and oxygen atoms in total. The van der Waals surface area contributed by atoms with E-state index in [2.05, 4.69) is 152 Å². The molecule has 260 valence electrons. The second-order valence-corrected chi connectivity index (χ2v) is 14.2. The van der Waals surface area contributed by atoms with Gasteiger partial charge in [0.2, 0.25) is 0 Å². The fourth-order valence-corrected chi connectivity index (χ4v) is 8.22. The van der Waals surface area contributed by atoms with Crippen molar-refractivity contribution in [1.82, 2.24) is 19.9 Å². The van der Waals surface area contributed by atoms with Crippen LogP contribution in [-0.2, 0) is 0 Å². The molecule has 2 heterocycles. The molecule has 0 aliphatic carbocycles. The van der Waals surface area contributed by atoms with Crippen LogP contribution in [0.15, 0.2) is 194 Å². The first-order valence-electron chi connectivity index (χ1n) is 18.9. The van der Waals surface area contributed by atoms with E-state index in [1.54, 1.807) is 0 Å². The van der Waals surface area contributed by atoms with Gasteiger partial charge in [-0.15, -0.1) is 0 Å². The third kappa shape index (κ3) is 5.39. The first-order valence-corrected chi connectivity index (χ1v) is 18.9. The number of hydrogen-bond acceptors (Lipinski definition) is 4. The molecular formula is C52H32N4. The summed E-state index contributed by atoms with van der Waals surface area (Å²) in [5, 5.41) is 11.0. The van der Waals surface area contributed by atoms with E-state index in [1.807, 2.05) is 42.6 Å². The summed E-state index contributed by atoms with van der Waals surface area (Å²) in [7, 11) is 0. The van der Waals surface area contributed by atoms with E-state index in [9.17, 15) is 0 Å². The van der Waals surface area contributed by atoms with E-state index in [-0.39, 0.29) is 0 Å². The zero-order valence-corrected chi connectivity index (χ0v) is 30.3. The van der Waals surface area contributed by atoms with Gasteiger partial charge >= 0.3 is 0 Å². The van der Waals surface area contributed by atoms with Crippen LogP contribution >= 0.6 is 0 Å². The van der Waals surface area contributed by atoms with Crippen LogP contribution in [0.4, 0.5) is 0 Å². The van der Waals surface area contributed by atoms with E-state index in [1.165, 1.54) is 48.7 Å². The molecule has 0 radical (unpaired) electrons. The van der Waals surface area contributed by atoms with E-state index in [4.69, 9.17) is 19.9 Å². The molecule has 0 N–H and O–H groups in total. The van der Waals surface area contributed by atoms with Crippen LogP contribution in [0.1, 0.15) is 0 Å². The second-order valence-electron chi connectivity index (χ2n) is 14.2. The summed E-state index contributed by atoms with van der Waals surface area (Å²) in [6.07, 6.45) is 1.88. The van der Waals surface area contributed by atoms with Crippen LogP contribution in [0.2, 0.25) is 0 Å². The zero-order valence-electron chi connectivity index (χ0n) is 30.3. The number of aromatic nitrogens is 4. The summed E-state index contributed by atoms with van der Waals surface area (Å²) < 4.78 is 0. The van der Waals surface area contributed by atoms with Gasteiger partial charge in [0.25, 0.3) is 0 Å². The Bertz CT molecular complexity index is 3280. The summed E-state index contributed by atoms with van der Waals surface area (Å²) in [6.45, 7) is 0. The minimum absolute atomic E-state index is 0.623. The Morgan fingerprint density at radius 3 is 1.46 bits per heavy atom. The van der Waals surface area contributed by atoms with Crippen molar-refractivity contribution >= 4 is 54.0 Å². The zero-order chi connectivity index (χ0) is 37.0. The van der Waals surface area contributed by atoms with Crippen LogP contribution in [0.5, 0.6) is 0 Å². The predicted molar refractivity (Wildman–Crippen MR) is 232 cm³/mol. The Morgan fingerprint density at radius 2 is 0.768 bits per heavy atom. The third-order valence-electron chi connectivity index (χ3n) is 10.9. The fraction of sp³-hybridized carbons (Fsp3) is 0. The molecule has 0 aliphatic heterocycles. The predicted octanol–water partition coefficient (Wildman–Crippen LogP) is 13.4. The van der Waals surface area contributed by atoms with Crippen molar-refractivity contribution in [2.45, 2.75) is 0 Å². The number of pyridine rings is 1. The second kappa shape index (κ2) is 13.1. The molecule has 0 saturated carbocycles. The molecule has 56 heavy (non-hydrogen) atoms. The molecule has 0 unspecified atom stereocenters. The largest absolute Gasteiger partial charge is 0.256 e.